The summed E-state index contributed by atoms with van der Waals surface area (Å²) in [4.78, 5) is 27.3. The zero-order valence-electron chi connectivity index (χ0n) is 11.8. The summed E-state index contributed by atoms with van der Waals surface area (Å²) in [6.07, 6.45) is 4.21. The Bertz CT molecular complexity index is 483. The molecule has 0 radical (unpaired) electrons. The maximum absolute atomic E-state index is 12.4. The van der Waals surface area contributed by atoms with Crippen LogP contribution in [0.3, 0.4) is 0 Å². The molecule has 2 heterocycles. The molecule has 1 aromatic rings. The van der Waals surface area contributed by atoms with E-state index in [2.05, 4.69) is 0 Å². The smallest absolute Gasteiger partial charge is 0.303 e. The van der Waals surface area contributed by atoms with E-state index < -0.39 is 5.97 Å². The normalized spacial score (nSPS) is 19.1. The predicted octanol–water partition coefficient (Wildman–Crippen LogP) is 2.84. The number of likely N-dealkylation sites (tertiary alicyclic amines) is 1. The standard InChI is InChI=1S/C15H21NO3S/c1-11-5-7-13(20-11)10-14(17)16-9-3-2-4-12(16)6-8-15(18)19/h5,7,12H,2-4,6,8-10H2,1H3,(H,18,19)/t12-/m1/s1. The monoisotopic (exact) mass is 295 g/mol. The number of carbonyl (C=O) groups excluding carboxylic acids is 1. The van der Waals surface area contributed by atoms with Crippen molar-refractivity contribution in [2.75, 3.05) is 6.54 Å². The molecule has 4 nitrogen and oxygen atoms in total. The molecule has 0 bridgehead atoms. The number of piperidine rings is 1. The number of carboxylic acids is 1. The van der Waals surface area contributed by atoms with Crippen molar-refractivity contribution in [3.05, 3.63) is 21.9 Å². The first-order valence-corrected chi connectivity index (χ1v) is 7.94. The number of nitrogens with zero attached hydrogens (tertiary/aromatic N) is 1. The van der Waals surface area contributed by atoms with Gasteiger partial charge in [-0.05, 0) is 44.7 Å². The lowest BCUT2D eigenvalue weighted by atomic mass is 9.97. The van der Waals surface area contributed by atoms with Crippen LogP contribution in [0.25, 0.3) is 0 Å². The fraction of sp³-hybridized carbons (Fsp3) is 0.600. The van der Waals surface area contributed by atoms with Gasteiger partial charge in [0.1, 0.15) is 0 Å². The lowest BCUT2D eigenvalue weighted by molar-refractivity contribution is -0.139. The number of carbonyl (C=O) groups is 2. The SMILES string of the molecule is Cc1ccc(CC(=O)N2CCCC[C@@H]2CCC(=O)O)s1. The Balaban J connectivity index is 1.95. The molecule has 0 unspecified atom stereocenters. The molecule has 0 spiro atoms. The third-order valence-corrected chi connectivity index (χ3v) is 4.76. The summed E-state index contributed by atoms with van der Waals surface area (Å²) in [6, 6.07) is 4.15. The number of rotatable bonds is 5. The fourth-order valence-electron chi connectivity index (χ4n) is 2.75. The second-order valence-corrected chi connectivity index (χ2v) is 6.73. The molecular weight excluding hydrogens is 274 g/mol. The molecule has 20 heavy (non-hydrogen) atoms. The molecule has 2 rings (SSSR count). The minimum Gasteiger partial charge on any atom is -0.481 e. The van der Waals surface area contributed by atoms with Gasteiger partial charge in [0, 0.05) is 28.8 Å². The van der Waals surface area contributed by atoms with Gasteiger partial charge in [-0.3, -0.25) is 9.59 Å². The topological polar surface area (TPSA) is 57.6 Å². The van der Waals surface area contributed by atoms with Crippen molar-refractivity contribution in [3.63, 3.8) is 0 Å². The molecule has 1 N–H and O–H groups in total. The average Bonchev–Trinajstić information content (AvgIpc) is 2.82. The van der Waals surface area contributed by atoms with Crippen molar-refractivity contribution in [2.45, 2.75) is 51.5 Å². The highest BCUT2D eigenvalue weighted by Crippen LogP contribution is 2.23. The van der Waals surface area contributed by atoms with Gasteiger partial charge < -0.3 is 10.0 Å². The van der Waals surface area contributed by atoms with Crippen molar-refractivity contribution in [2.24, 2.45) is 0 Å². The Labute approximate surface area is 123 Å². The van der Waals surface area contributed by atoms with E-state index in [1.807, 2.05) is 24.0 Å². The third-order valence-electron chi connectivity index (χ3n) is 3.76. The van der Waals surface area contributed by atoms with Crippen LogP contribution in [0.4, 0.5) is 0 Å². The molecule has 1 aromatic heterocycles. The molecule has 0 aromatic carbocycles. The number of hydrogen-bond donors (Lipinski definition) is 1. The maximum atomic E-state index is 12.4. The molecule has 1 aliphatic heterocycles. The van der Waals surface area contributed by atoms with E-state index in [0.717, 1.165) is 30.7 Å². The molecular formula is C15H21NO3S. The molecule has 0 saturated carbocycles. The molecule has 1 atom stereocenters. The van der Waals surface area contributed by atoms with Crippen molar-refractivity contribution >= 4 is 23.2 Å². The zero-order chi connectivity index (χ0) is 14.5. The highest BCUT2D eigenvalue weighted by molar-refractivity contribution is 7.12. The van der Waals surface area contributed by atoms with Crippen molar-refractivity contribution < 1.29 is 14.7 Å². The van der Waals surface area contributed by atoms with E-state index in [1.54, 1.807) is 11.3 Å². The predicted molar refractivity (Wildman–Crippen MR) is 79.0 cm³/mol. The minimum absolute atomic E-state index is 0.105. The summed E-state index contributed by atoms with van der Waals surface area (Å²) < 4.78 is 0. The largest absolute Gasteiger partial charge is 0.481 e. The van der Waals surface area contributed by atoms with Gasteiger partial charge in [0.25, 0.3) is 0 Å². The lowest BCUT2D eigenvalue weighted by Gasteiger charge is -2.35. The van der Waals surface area contributed by atoms with Crippen molar-refractivity contribution in [3.8, 4) is 0 Å². The average molecular weight is 295 g/mol. The van der Waals surface area contributed by atoms with Gasteiger partial charge in [-0.25, -0.2) is 0 Å². The van der Waals surface area contributed by atoms with Gasteiger partial charge in [-0.2, -0.15) is 0 Å². The van der Waals surface area contributed by atoms with Gasteiger partial charge >= 0.3 is 5.97 Å². The van der Waals surface area contributed by atoms with Crippen molar-refractivity contribution in [1.82, 2.24) is 4.90 Å². The minimum atomic E-state index is -0.781. The van der Waals surface area contributed by atoms with Crippen LogP contribution in [-0.2, 0) is 16.0 Å². The van der Waals surface area contributed by atoms with E-state index in [0.29, 0.717) is 12.8 Å². The van der Waals surface area contributed by atoms with Crippen LogP contribution in [0.5, 0.6) is 0 Å². The number of aliphatic carboxylic acids is 1. The number of hydrogen-bond acceptors (Lipinski definition) is 3. The van der Waals surface area contributed by atoms with E-state index in [4.69, 9.17) is 5.11 Å². The number of thiophene rings is 1. The van der Waals surface area contributed by atoms with Gasteiger partial charge in [0.2, 0.25) is 5.91 Å². The summed E-state index contributed by atoms with van der Waals surface area (Å²) in [5.41, 5.74) is 0. The second kappa shape index (κ2) is 6.88. The Morgan fingerprint density at radius 2 is 2.20 bits per heavy atom. The molecule has 1 saturated heterocycles. The Morgan fingerprint density at radius 1 is 1.40 bits per heavy atom. The Hall–Kier alpha value is -1.36. The quantitative estimate of drug-likeness (QED) is 0.908. The number of aryl methyl sites for hydroxylation is 1. The Morgan fingerprint density at radius 3 is 2.85 bits per heavy atom. The summed E-state index contributed by atoms with van der Waals surface area (Å²) >= 11 is 1.66. The van der Waals surface area contributed by atoms with Crippen LogP contribution in [0.2, 0.25) is 0 Å². The second-order valence-electron chi connectivity index (χ2n) is 5.36. The first-order chi connectivity index (χ1) is 9.56. The number of amides is 1. The van der Waals surface area contributed by atoms with E-state index >= 15 is 0 Å². The van der Waals surface area contributed by atoms with Crippen LogP contribution in [0.15, 0.2) is 12.1 Å². The summed E-state index contributed by atoms with van der Waals surface area (Å²) in [5.74, 6) is -0.640. The summed E-state index contributed by atoms with van der Waals surface area (Å²) in [7, 11) is 0. The van der Waals surface area contributed by atoms with E-state index in [9.17, 15) is 9.59 Å². The molecule has 1 fully saturated rings. The van der Waals surface area contributed by atoms with Crippen LogP contribution in [-0.4, -0.2) is 34.5 Å². The molecule has 1 aliphatic rings. The fourth-order valence-corrected chi connectivity index (χ4v) is 3.63. The van der Waals surface area contributed by atoms with E-state index in [-0.39, 0.29) is 18.4 Å². The zero-order valence-corrected chi connectivity index (χ0v) is 12.6. The van der Waals surface area contributed by atoms with Crippen molar-refractivity contribution in [1.29, 1.82) is 0 Å². The highest BCUT2D eigenvalue weighted by atomic mass is 32.1. The van der Waals surface area contributed by atoms with E-state index in [1.165, 1.54) is 4.88 Å². The van der Waals surface area contributed by atoms with Crippen LogP contribution in [0.1, 0.15) is 41.9 Å². The first-order valence-electron chi connectivity index (χ1n) is 7.13. The Kier molecular flexibility index (Phi) is 5.17. The molecule has 110 valence electrons. The molecule has 5 heteroatoms. The lowest BCUT2D eigenvalue weighted by Crippen LogP contribution is -2.44. The van der Waals surface area contributed by atoms with Crippen LogP contribution >= 0.6 is 11.3 Å². The van der Waals surface area contributed by atoms with Crippen LogP contribution < -0.4 is 0 Å². The van der Waals surface area contributed by atoms with Gasteiger partial charge in [0.05, 0.1) is 6.42 Å². The van der Waals surface area contributed by atoms with Crippen LogP contribution in [0, 0.1) is 6.92 Å². The van der Waals surface area contributed by atoms with Gasteiger partial charge in [-0.1, -0.05) is 0 Å². The van der Waals surface area contributed by atoms with Gasteiger partial charge in [0.15, 0.2) is 0 Å². The molecule has 1 amide bonds. The first kappa shape index (κ1) is 15.0. The third kappa shape index (κ3) is 4.07. The number of carboxylic acid groups (broad SMARTS) is 1. The summed E-state index contributed by atoms with van der Waals surface area (Å²) in [5, 5.41) is 8.81. The highest BCUT2D eigenvalue weighted by Gasteiger charge is 2.27. The van der Waals surface area contributed by atoms with Gasteiger partial charge in [-0.15, -0.1) is 11.3 Å². The maximum Gasteiger partial charge on any atom is 0.303 e. The summed E-state index contributed by atoms with van der Waals surface area (Å²) in [6.45, 7) is 2.81. The molecule has 0 aliphatic carbocycles.